The third-order valence-corrected chi connectivity index (χ3v) is 3.87. The molecule has 1 fully saturated rings. The Morgan fingerprint density at radius 2 is 2.13 bits per heavy atom. The summed E-state index contributed by atoms with van der Waals surface area (Å²) in [5.74, 6) is 2.57. The van der Waals surface area contributed by atoms with Crippen molar-refractivity contribution in [2.24, 2.45) is 17.8 Å². The van der Waals surface area contributed by atoms with Gasteiger partial charge in [0.05, 0.1) is 6.61 Å². The van der Waals surface area contributed by atoms with E-state index >= 15 is 0 Å². The molecule has 0 radical (unpaired) electrons. The maximum Gasteiger partial charge on any atom is 0.0558 e. The smallest absolute Gasteiger partial charge is 0.0558 e. The first-order valence-corrected chi connectivity index (χ1v) is 6.35. The van der Waals surface area contributed by atoms with E-state index in [1.54, 1.807) is 0 Å². The van der Waals surface area contributed by atoms with Gasteiger partial charge in [-0.05, 0) is 43.6 Å². The van der Waals surface area contributed by atoms with Crippen molar-refractivity contribution in [3.05, 3.63) is 12.2 Å². The van der Waals surface area contributed by atoms with Crippen molar-refractivity contribution in [3.63, 3.8) is 0 Å². The van der Waals surface area contributed by atoms with Gasteiger partial charge >= 0.3 is 0 Å². The van der Waals surface area contributed by atoms with E-state index in [-0.39, 0.29) is 0 Å². The Morgan fingerprint density at radius 3 is 2.67 bits per heavy atom. The number of fused-ring (bicyclic) bond motifs is 2. The Bertz CT molecular complexity index is 221. The van der Waals surface area contributed by atoms with Gasteiger partial charge in [0.15, 0.2) is 0 Å². The first kappa shape index (κ1) is 11.2. The van der Waals surface area contributed by atoms with Gasteiger partial charge in [0.25, 0.3) is 0 Å². The van der Waals surface area contributed by atoms with E-state index in [1.807, 2.05) is 0 Å². The minimum Gasteiger partial charge on any atom is -0.395 e. The average Bonchev–Trinajstić information content (AvgIpc) is 2.80. The second kappa shape index (κ2) is 5.13. The van der Waals surface area contributed by atoms with E-state index in [2.05, 4.69) is 24.0 Å². The summed E-state index contributed by atoms with van der Waals surface area (Å²) in [7, 11) is 0. The maximum atomic E-state index is 9.01. The molecule has 0 aromatic carbocycles. The first-order valence-electron chi connectivity index (χ1n) is 6.35. The molecule has 0 spiro atoms. The fraction of sp³-hybridized carbons (Fsp3) is 0.846. The van der Waals surface area contributed by atoms with Crippen molar-refractivity contribution in [2.75, 3.05) is 26.2 Å². The van der Waals surface area contributed by atoms with Crippen molar-refractivity contribution in [3.8, 4) is 0 Å². The highest BCUT2D eigenvalue weighted by Gasteiger charge is 2.35. The lowest BCUT2D eigenvalue weighted by molar-refractivity contribution is 0.167. The summed E-state index contributed by atoms with van der Waals surface area (Å²) >= 11 is 0. The summed E-state index contributed by atoms with van der Waals surface area (Å²) in [6.45, 7) is 5.70. The quantitative estimate of drug-likeness (QED) is 0.675. The third kappa shape index (κ3) is 2.61. The third-order valence-electron chi connectivity index (χ3n) is 3.87. The first-order chi connectivity index (χ1) is 7.33. The molecule has 1 saturated carbocycles. The van der Waals surface area contributed by atoms with Gasteiger partial charge in [-0.15, -0.1) is 0 Å². The molecule has 0 aliphatic heterocycles. The topological polar surface area (TPSA) is 23.5 Å². The molecular formula is C13H23NO. The van der Waals surface area contributed by atoms with Crippen LogP contribution in [-0.4, -0.2) is 36.2 Å². The highest BCUT2D eigenvalue weighted by molar-refractivity contribution is 5.10. The van der Waals surface area contributed by atoms with Crippen molar-refractivity contribution >= 4 is 0 Å². The Morgan fingerprint density at radius 1 is 1.27 bits per heavy atom. The van der Waals surface area contributed by atoms with E-state index in [1.165, 1.54) is 25.8 Å². The fourth-order valence-corrected chi connectivity index (χ4v) is 3.19. The van der Waals surface area contributed by atoms with Gasteiger partial charge in [0.1, 0.15) is 0 Å². The molecule has 3 unspecified atom stereocenters. The van der Waals surface area contributed by atoms with E-state index in [0.717, 1.165) is 30.8 Å². The summed E-state index contributed by atoms with van der Waals surface area (Å²) in [5.41, 5.74) is 0. The summed E-state index contributed by atoms with van der Waals surface area (Å²) in [6.07, 6.45) is 8.78. The van der Waals surface area contributed by atoms with Gasteiger partial charge in [-0.2, -0.15) is 0 Å². The van der Waals surface area contributed by atoms with Crippen LogP contribution >= 0.6 is 0 Å². The number of allylic oxidation sites excluding steroid dienone is 2. The predicted molar refractivity (Wildman–Crippen MR) is 62.7 cm³/mol. The van der Waals surface area contributed by atoms with Gasteiger partial charge in [0.2, 0.25) is 0 Å². The van der Waals surface area contributed by atoms with Crippen LogP contribution in [-0.2, 0) is 0 Å². The number of nitrogens with zero attached hydrogens (tertiary/aromatic N) is 1. The molecule has 2 aliphatic carbocycles. The number of hydrogen-bond acceptors (Lipinski definition) is 2. The standard InChI is InChI=1S/C13H23NO/c1-2-5-14(6-7-15)10-13-9-11-3-4-12(13)8-11/h3-4,11-13,15H,2,5-10H2,1H3. The molecule has 0 aromatic rings. The summed E-state index contributed by atoms with van der Waals surface area (Å²) in [5, 5.41) is 9.01. The van der Waals surface area contributed by atoms with Crippen molar-refractivity contribution in [1.82, 2.24) is 4.90 Å². The van der Waals surface area contributed by atoms with Crippen molar-refractivity contribution < 1.29 is 5.11 Å². The number of rotatable bonds is 6. The Balaban J connectivity index is 1.81. The fourth-order valence-electron chi connectivity index (χ4n) is 3.19. The Hall–Kier alpha value is -0.340. The van der Waals surface area contributed by atoms with Crippen LogP contribution in [0, 0.1) is 17.8 Å². The molecule has 0 aromatic heterocycles. The zero-order valence-electron chi connectivity index (χ0n) is 9.73. The maximum absolute atomic E-state index is 9.01. The van der Waals surface area contributed by atoms with E-state index in [4.69, 9.17) is 5.11 Å². The Labute approximate surface area is 93.0 Å². The number of hydrogen-bond donors (Lipinski definition) is 1. The molecule has 86 valence electrons. The van der Waals surface area contributed by atoms with Crippen LogP contribution in [0.2, 0.25) is 0 Å². The van der Waals surface area contributed by atoms with E-state index in [9.17, 15) is 0 Å². The molecule has 15 heavy (non-hydrogen) atoms. The second-order valence-electron chi connectivity index (χ2n) is 5.06. The average molecular weight is 209 g/mol. The highest BCUT2D eigenvalue weighted by Crippen LogP contribution is 2.43. The molecule has 2 bridgehead atoms. The van der Waals surface area contributed by atoms with Gasteiger partial charge in [0, 0.05) is 13.1 Å². The molecule has 0 saturated heterocycles. The minimum atomic E-state index is 0.302. The molecule has 1 N–H and O–H groups in total. The zero-order chi connectivity index (χ0) is 10.7. The van der Waals surface area contributed by atoms with Gasteiger partial charge in [-0.1, -0.05) is 19.1 Å². The molecule has 0 amide bonds. The lowest BCUT2D eigenvalue weighted by Gasteiger charge is -2.27. The Kier molecular flexibility index (Phi) is 3.81. The van der Waals surface area contributed by atoms with Gasteiger partial charge in [-0.3, -0.25) is 0 Å². The lowest BCUT2D eigenvalue weighted by Crippen LogP contribution is -2.34. The van der Waals surface area contributed by atoms with Crippen LogP contribution in [0.25, 0.3) is 0 Å². The molecule has 3 atom stereocenters. The van der Waals surface area contributed by atoms with Gasteiger partial charge < -0.3 is 10.0 Å². The van der Waals surface area contributed by atoms with Crippen LogP contribution in [0.3, 0.4) is 0 Å². The van der Waals surface area contributed by atoms with Crippen molar-refractivity contribution in [1.29, 1.82) is 0 Å². The normalized spacial score (nSPS) is 33.1. The summed E-state index contributed by atoms with van der Waals surface area (Å²) < 4.78 is 0. The van der Waals surface area contributed by atoms with Crippen molar-refractivity contribution in [2.45, 2.75) is 26.2 Å². The van der Waals surface area contributed by atoms with Crippen LogP contribution in [0.1, 0.15) is 26.2 Å². The molecule has 2 heteroatoms. The lowest BCUT2D eigenvalue weighted by atomic mass is 9.93. The molecule has 2 rings (SSSR count). The highest BCUT2D eigenvalue weighted by atomic mass is 16.3. The molecule has 2 nitrogen and oxygen atoms in total. The molecule has 2 aliphatic rings. The van der Waals surface area contributed by atoms with Crippen LogP contribution in [0.5, 0.6) is 0 Å². The number of aliphatic hydroxyl groups excluding tert-OH is 1. The van der Waals surface area contributed by atoms with E-state index in [0.29, 0.717) is 6.61 Å². The SMILES string of the molecule is CCCN(CCO)CC1CC2C=CC1C2. The largest absolute Gasteiger partial charge is 0.395 e. The second-order valence-corrected chi connectivity index (χ2v) is 5.06. The molecular weight excluding hydrogens is 186 g/mol. The zero-order valence-corrected chi connectivity index (χ0v) is 9.73. The predicted octanol–water partition coefficient (Wildman–Crippen LogP) is 1.90. The summed E-state index contributed by atoms with van der Waals surface area (Å²) in [4.78, 5) is 2.43. The number of aliphatic hydroxyl groups is 1. The minimum absolute atomic E-state index is 0.302. The van der Waals surface area contributed by atoms with Crippen LogP contribution in [0.15, 0.2) is 12.2 Å². The molecule has 0 heterocycles. The van der Waals surface area contributed by atoms with E-state index < -0.39 is 0 Å². The van der Waals surface area contributed by atoms with Crippen LogP contribution < -0.4 is 0 Å². The van der Waals surface area contributed by atoms with Crippen LogP contribution in [0.4, 0.5) is 0 Å². The summed E-state index contributed by atoms with van der Waals surface area (Å²) in [6, 6.07) is 0. The monoisotopic (exact) mass is 209 g/mol. The van der Waals surface area contributed by atoms with Gasteiger partial charge in [-0.25, -0.2) is 0 Å².